The lowest BCUT2D eigenvalue weighted by Crippen LogP contribution is -2.41. The van der Waals surface area contributed by atoms with E-state index in [9.17, 15) is 4.79 Å². The third-order valence-electron chi connectivity index (χ3n) is 6.85. The fourth-order valence-electron chi connectivity index (χ4n) is 5.48. The summed E-state index contributed by atoms with van der Waals surface area (Å²) in [6.07, 6.45) is 6.99. The Morgan fingerprint density at radius 3 is 2.86 bits per heavy atom. The van der Waals surface area contributed by atoms with E-state index < -0.39 is 0 Å². The molecule has 5 nitrogen and oxygen atoms in total. The number of carbonyl (C=O) groups excluding carboxylic acids is 1. The molecule has 1 aromatic carbocycles. The molecule has 1 aromatic heterocycles. The molecule has 0 unspecified atom stereocenters. The number of hydrogen-bond donors (Lipinski definition) is 1. The predicted molar refractivity (Wildman–Crippen MR) is 107 cm³/mol. The minimum atomic E-state index is -0.0156. The molecule has 2 bridgehead atoms. The Bertz CT molecular complexity index is 828. The molecule has 4 atom stereocenters. The summed E-state index contributed by atoms with van der Waals surface area (Å²) < 4.78 is 6.51. The summed E-state index contributed by atoms with van der Waals surface area (Å²) in [5, 5.41) is 3.14. The van der Waals surface area contributed by atoms with Crippen LogP contribution in [0.4, 0.5) is 0 Å². The van der Waals surface area contributed by atoms with E-state index in [0.717, 1.165) is 32.5 Å². The van der Waals surface area contributed by atoms with Crippen molar-refractivity contribution in [2.24, 2.45) is 11.8 Å². The van der Waals surface area contributed by atoms with Gasteiger partial charge >= 0.3 is 0 Å². The van der Waals surface area contributed by atoms with Crippen LogP contribution >= 0.6 is 0 Å². The van der Waals surface area contributed by atoms with Gasteiger partial charge in [-0.1, -0.05) is 30.3 Å². The molecule has 1 N–H and O–H groups in total. The number of nitrogens with one attached hydrogen (secondary N) is 1. The van der Waals surface area contributed by atoms with Crippen molar-refractivity contribution >= 4 is 5.91 Å². The van der Waals surface area contributed by atoms with Crippen molar-refractivity contribution in [1.82, 2.24) is 15.2 Å². The highest BCUT2D eigenvalue weighted by molar-refractivity contribution is 5.93. The summed E-state index contributed by atoms with van der Waals surface area (Å²) in [7, 11) is 0. The van der Waals surface area contributed by atoms with Crippen LogP contribution in [-0.4, -0.2) is 53.7 Å². The Morgan fingerprint density at radius 1 is 1.21 bits per heavy atom. The number of fused-ring (bicyclic) bond motifs is 1. The van der Waals surface area contributed by atoms with E-state index in [4.69, 9.17) is 4.74 Å². The molecule has 1 spiro atoms. The number of hydrogen-bond acceptors (Lipinski definition) is 4. The zero-order chi connectivity index (χ0) is 19.0. The highest BCUT2D eigenvalue weighted by Crippen LogP contribution is 2.54. The van der Waals surface area contributed by atoms with Gasteiger partial charge in [-0.2, -0.15) is 0 Å². The number of carbonyl (C=O) groups is 1. The first kappa shape index (κ1) is 17.8. The molecule has 0 aliphatic carbocycles. The van der Waals surface area contributed by atoms with Crippen LogP contribution in [0.2, 0.25) is 0 Å². The Labute approximate surface area is 166 Å². The summed E-state index contributed by atoms with van der Waals surface area (Å²) in [4.78, 5) is 19.0. The van der Waals surface area contributed by atoms with Crippen LogP contribution in [-0.2, 0) is 11.2 Å². The van der Waals surface area contributed by atoms with Crippen LogP contribution in [0.5, 0.6) is 0 Å². The lowest BCUT2D eigenvalue weighted by molar-refractivity contribution is 0.00286. The smallest absolute Gasteiger partial charge is 0.251 e. The first-order chi connectivity index (χ1) is 13.7. The molecule has 1 amide bonds. The van der Waals surface area contributed by atoms with Gasteiger partial charge in [0.05, 0.1) is 11.7 Å². The van der Waals surface area contributed by atoms with Crippen LogP contribution in [0.25, 0.3) is 0 Å². The maximum atomic E-state index is 12.4. The van der Waals surface area contributed by atoms with Gasteiger partial charge in [-0.05, 0) is 37.0 Å². The summed E-state index contributed by atoms with van der Waals surface area (Å²) in [5.74, 6) is 0.930. The van der Waals surface area contributed by atoms with Crippen molar-refractivity contribution in [2.75, 3.05) is 26.2 Å². The van der Waals surface area contributed by atoms with Gasteiger partial charge in [-0.3, -0.25) is 14.7 Å². The van der Waals surface area contributed by atoms with Crippen molar-refractivity contribution in [3.63, 3.8) is 0 Å². The molecule has 0 radical (unpaired) electrons. The highest BCUT2D eigenvalue weighted by Gasteiger charge is 2.62. The van der Waals surface area contributed by atoms with Crippen LogP contribution in [0, 0.1) is 11.8 Å². The summed E-state index contributed by atoms with van der Waals surface area (Å²) in [5.41, 5.74) is 2.08. The highest BCUT2D eigenvalue weighted by atomic mass is 16.5. The molecule has 3 aliphatic heterocycles. The van der Waals surface area contributed by atoms with Crippen LogP contribution in [0.3, 0.4) is 0 Å². The number of likely N-dealkylation sites (tertiary alicyclic amines) is 1. The average Bonchev–Trinajstić information content (AvgIpc) is 3.40. The molecular weight excluding hydrogens is 350 g/mol. The van der Waals surface area contributed by atoms with Crippen molar-refractivity contribution in [2.45, 2.75) is 31.0 Å². The molecule has 5 rings (SSSR count). The number of pyridine rings is 1. The largest absolute Gasteiger partial charge is 0.370 e. The molecule has 3 aliphatic rings. The quantitative estimate of drug-likeness (QED) is 0.841. The lowest BCUT2D eigenvalue weighted by Gasteiger charge is -2.29. The van der Waals surface area contributed by atoms with Gasteiger partial charge in [0.25, 0.3) is 5.91 Å². The van der Waals surface area contributed by atoms with Gasteiger partial charge in [0, 0.05) is 56.0 Å². The molecule has 28 heavy (non-hydrogen) atoms. The monoisotopic (exact) mass is 377 g/mol. The summed E-state index contributed by atoms with van der Waals surface area (Å²) in [6.45, 7) is 3.89. The van der Waals surface area contributed by atoms with Crippen molar-refractivity contribution < 1.29 is 9.53 Å². The van der Waals surface area contributed by atoms with E-state index in [0.29, 0.717) is 30.0 Å². The fraction of sp³-hybridized carbons (Fsp3) is 0.478. The normalized spacial score (nSPS) is 31.1. The van der Waals surface area contributed by atoms with E-state index in [2.05, 4.69) is 45.5 Å². The van der Waals surface area contributed by atoms with E-state index in [1.807, 2.05) is 0 Å². The standard InChI is InChI=1S/C23H27N3O2/c27-22(18-7-11-24-12-8-18)25-14-19-20-15-26(13-9-17-4-2-1-3-5-17)16-23(20)10-6-21(19)28-23/h1-5,7-8,11-12,19-21H,6,9-10,13-16H2,(H,25,27)/t19-,20+,21+,23+/m0/s1. The topological polar surface area (TPSA) is 54.5 Å². The van der Waals surface area contributed by atoms with Crippen molar-refractivity contribution in [3.8, 4) is 0 Å². The Balaban J connectivity index is 1.20. The van der Waals surface area contributed by atoms with Gasteiger partial charge in [-0.15, -0.1) is 0 Å². The van der Waals surface area contributed by atoms with Crippen molar-refractivity contribution in [3.05, 3.63) is 66.0 Å². The molecule has 3 fully saturated rings. The van der Waals surface area contributed by atoms with Crippen molar-refractivity contribution in [1.29, 1.82) is 0 Å². The average molecular weight is 377 g/mol. The second-order valence-corrected chi connectivity index (χ2v) is 8.45. The summed E-state index contributed by atoms with van der Waals surface area (Å²) in [6, 6.07) is 14.2. The van der Waals surface area contributed by atoms with Gasteiger partial charge < -0.3 is 10.1 Å². The van der Waals surface area contributed by atoms with Gasteiger partial charge in [0.2, 0.25) is 0 Å². The van der Waals surface area contributed by atoms with E-state index >= 15 is 0 Å². The second-order valence-electron chi connectivity index (χ2n) is 8.45. The maximum Gasteiger partial charge on any atom is 0.251 e. The van der Waals surface area contributed by atoms with Crippen LogP contribution in [0.15, 0.2) is 54.9 Å². The number of amides is 1. The first-order valence-corrected chi connectivity index (χ1v) is 10.4. The zero-order valence-electron chi connectivity index (χ0n) is 16.1. The third kappa shape index (κ3) is 3.23. The lowest BCUT2D eigenvalue weighted by atomic mass is 9.73. The molecule has 4 heterocycles. The van der Waals surface area contributed by atoms with E-state index in [1.165, 1.54) is 12.0 Å². The number of nitrogens with zero attached hydrogens (tertiary/aromatic N) is 2. The predicted octanol–water partition coefficient (Wildman–Crippen LogP) is 2.53. The van der Waals surface area contributed by atoms with Gasteiger partial charge in [-0.25, -0.2) is 0 Å². The third-order valence-corrected chi connectivity index (χ3v) is 6.85. The van der Waals surface area contributed by atoms with Crippen LogP contribution in [0.1, 0.15) is 28.8 Å². The molecular formula is C23H27N3O2. The second kappa shape index (κ2) is 7.30. The Kier molecular flexibility index (Phi) is 4.65. The van der Waals surface area contributed by atoms with E-state index in [1.54, 1.807) is 24.5 Å². The number of aromatic nitrogens is 1. The zero-order valence-corrected chi connectivity index (χ0v) is 16.1. The van der Waals surface area contributed by atoms with E-state index in [-0.39, 0.29) is 11.5 Å². The first-order valence-electron chi connectivity index (χ1n) is 10.4. The number of benzene rings is 1. The summed E-state index contributed by atoms with van der Waals surface area (Å²) >= 11 is 0. The number of ether oxygens (including phenoxy) is 1. The molecule has 0 saturated carbocycles. The van der Waals surface area contributed by atoms with Gasteiger partial charge in [0.15, 0.2) is 0 Å². The minimum absolute atomic E-state index is 0.0156. The molecule has 3 saturated heterocycles. The maximum absolute atomic E-state index is 12.4. The minimum Gasteiger partial charge on any atom is -0.370 e. The fourth-order valence-corrected chi connectivity index (χ4v) is 5.48. The molecule has 5 heteroatoms. The molecule has 146 valence electrons. The van der Waals surface area contributed by atoms with Crippen LogP contribution < -0.4 is 5.32 Å². The number of rotatable bonds is 6. The Hall–Kier alpha value is -2.24. The Morgan fingerprint density at radius 2 is 2.04 bits per heavy atom. The van der Waals surface area contributed by atoms with Gasteiger partial charge in [0.1, 0.15) is 0 Å². The molecule has 2 aromatic rings. The SMILES string of the molecule is O=C(NC[C@H]1[C@H]2CN(CCc3ccccc3)C[C@]23CC[C@H]1O3)c1ccncc1.